The van der Waals surface area contributed by atoms with Crippen molar-refractivity contribution in [1.82, 2.24) is 5.32 Å². The molecule has 0 amide bonds. The molecular formula is C8H15NO2. The molecule has 0 aromatic heterocycles. The lowest BCUT2D eigenvalue weighted by Gasteiger charge is -2.25. The predicted octanol–water partition coefficient (Wildman–Crippen LogP) is 0.707. The third kappa shape index (κ3) is 2.19. The van der Waals surface area contributed by atoms with Gasteiger partial charge in [0.15, 0.2) is 0 Å². The molecule has 3 heteroatoms. The van der Waals surface area contributed by atoms with Gasteiger partial charge in [-0.3, -0.25) is 4.79 Å². The molecule has 1 heterocycles. The lowest BCUT2D eigenvalue weighted by atomic mass is 9.86. The molecule has 0 bridgehead atoms. The molecule has 0 spiro atoms. The van der Waals surface area contributed by atoms with Gasteiger partial charge in [-0.1, -0.05) is 6.92 Å². The van der Waals surface area contributed by atoms with Gasteiger partial charge in [0.1, 0.15) is 0 Å². The lowest BCUT2D eigenvalue weighted by molar-refractivity contribution is -0.143. The van der Waals surface area contributed by atoms with E-state index in [1.165, 1.54) is 0 Å². The second kappa shape index (κ2) is 3.72. The normalized spacial score (nSPS) is 23.0. The summed E-state index contributed by atoms with van der Waals surface area (Å²) in [5, 5.41) is 11.9. The molecule has 0 aliphatic carbocycles. The average molecular weight is 157 g/mol. The molecule has 1 atom stereocenters. The zero-order valence-electron chi connectivity index (χ0n) is 6.84. The fourth-order valence-corrected chi connectivity index (χ4v) is 1.55. The molecule has 1 aliphatic rings. The van der Waals surface area contributed by atoms with Crippen LogP contribution in [-0.4, -0.2) is 24.2 Å². The van der Waals surface area contributed by atoms with E-state index in [-0.39, 0.29) is 5.92 Å². The first-order chi connectivity index (χ1) is 5.22. The Labute approximate surface area is 66.8 Å². The SMILES string of the molecule is CC(C(=O)O)C1CCNCC1. The van der Waals surface area contributed by atoms with Gasteiger partial charge in [-0.05, 0) is 31.8 Å². The van der Waals surface area contributed by atoms with E-state index in [4.69, 9.17) is 5.11 Å². The van der Waals surface area contributed by atoms with Crippen molar-refractivity contribution in [2.45, 2.75) is 19.8 Å². The Morgan fingerprint density at radius 3 is 2.55 bits per heavy atom. The van der Waals surface area contributed by atoms with E-state index in [0.29, 0.717) is 5.92 Å². The second-order valence-corrected chi connectivity index (χ2v) is 3.21. The minimum absolute atomic E-state index is 0.169. The number of rotatable bonds is 2. The highest BCUT2D eigenvalue weighted by molar-refractivity contribution is 5.69. The molecular weight excluding hydrogens is 142 g/mol. The van der Waals surface area contributed by atoms with Crippen LogP contribution in [0.1, 0.15) is 19.8 Å². The Hall–Kier alpha value is -0.570. The molecule has 11 heavy (non-hydrogen) atoms. The summed E-state index contributed by atoms with van der Waals surface area (Å²) in [6, 6.07) is 0. The fourth-order valence-electron chi connectivity index (χ4n) is 1.55. The first-order valence-electron chi connectivity index (χ1n) is 4.15. The minimum Gasteiger partial charge on any atom is -0.481 e. The maximum atomic E-state index is 10.6. The van der Waals surface area contributed by atoms with Crippen LogP contribution in [0, 0.1) is 11.8 Å². The van der Waals surface area contributed by atoms with Crippen LogP contribution in [0.4, 0.5) is 0 Å². The summed E-state index contributed by atoms with van der Waals surface area (Å²) in [5.74, 6) is -0.442. The third-order valence-corrected chi connectivity index (χ3v) is 2.48. The van der Waals surface area contributed by atoms with E-state index in [1.54, 1.807) is 6.92 Å². The van der Waals surface area contributed by atoms with Gasteiger partial charge in [-0.25, -0.2) is 0 Å². The molecule has 0 aromatic rings. The van der Waals surface area contributed by atoms with Crippen LogP contribution in [0.15, 0.2) is 0 Å². The van der Waals surface area contributed by atoms with E-state index in [1.807, 2.05) is 0 Å². The largest absolute Gasteiger partial charge is 0.481 e. The molecule has 1 saturated heterocycles. The van der Waals surface area contributed by atoms with E-state index in [0.717, 1.165) is 25.9 Å². The van der Waals surface area contributed by atoms with Crippen molar-refractivity contribution in [3.63, 3.8) is 0 Å². The molecule has 64 valence electrons. The van der Waals surface area contributed by atoms with Gasteiger partial charge in [-0.15, -0.1) is 0 Å². The first-order valence-corrected chi connectivity index (χ1v) is 4.15. The summed E-state index contributed by atoms with van der Waals surface area (Å²) < 4.78 is 0. The molecule has 0 saturated carbocycles. The van der Waals surface area contributed by atoms with Gasteiger partial charge >= 0.3 is 5.97 Å². The average Bonchev–Trinajstić information content (AvgIpc) is 2.05. The number of nitrogens with one attached hydrogen (secondary N) is 1. The molecule has 1 unspecified atom stereocenters. The highest BCUT2D eigenvalue weighted by atomic mass is 16.4. The van der Waals surface area contributed by atoms with Crippen molar-refractivity contribution >= 4 is 5.97 Å². The number of carboxylic acids is 1. The zero-order valence-corrected chi connectivity index (χ0v) is 6.84. The van der Waals surface area contributed by atoms with Crippen molar-refractivity contribution < 1.29 is 9.90 Å². The van der Waals surface area contributed by atoms with E-state index in [2.05, 4.69) is 5.32 Å². The van der Waals surface area contributed by atoms with E-state index in [9.17, 15) is 4.79 Å². The molecule has 2 N–H and O–H groups in total. The highest BCUT2D eigenvalue weighted by Gasteiger charge is 2.24. The van der Waals surface area contributed by atoms with Crippen molar-refractivity contribution in [2.75, 3.05) is 13.1 Å². The number of carboxylic acid groups (broad SMARTS) is 1. The van der Waals surface area contributed by atoms with Crippen LogP contribution >= 0.6 is 0 Å². The Balaban J connectivity index is 2.38. The van der Waals surface area contributed by atoms with Crippen molar-refractivity contribution in [1.29, 1.82) is 0 Å². The van der Waals surface area contributed by atoms with Gasteiger partial charge in [-0.2, -0.15) is 0 Å². The number of carbonyl (C=O) groups is 1. The topological polar surface area (TPSA) is 49.3 Å². The summed E-state index contributed by atoms with van der Waals surface area (Å²) >= 11 is 0. The minimum atomic E-state index is -0.656. The Morgan fingerprint density at radius 2 is 2.09 bits per heavy atom. The van der Waals surface area contributed by atoms with Crippen molar-refractivity contribution in [2.24, 2.45) is 11.8 Å². The number of piperidine rings is 1. The summed E-state index contributed by atoms with van der Waals surface area (Å²) in [5.41, 5.74) is 0. The van der Waals surface area contributed by atoms with Crippen LogP contribution in [0.3, 0.4) is 0 Å². The molecule has 1 rings (SSSR count). The Kier molecular flexibility index (Phi) is 2.88. The predicted molar refractivity (Wildman–Crippen MR) is 42.4 cm³/mol. The molecule has 1 fully saturated rings. The Morgan fingerprint density at radius 1 is 1.55 bits per heavy atom. The lowest BCUT2D eigenvalue weighted by Crippen LogP contribution is -2.33. The molecule has 0 aromatic carbocycles. The monoisotopic (exact) mass is 157 g/mol. The van der Waals surface area contributed by atoms with Crippen LogP contribution in [-0.2, 0) is 4.79 Å². The fraction of sp³-hybridized carbons (Fsp3) is 0.875. The third-order valence-electron chi connectivity index (χ3n) is 2.48. The second-order valence-electron chi connectivity index (χ2n) is 3.21. The Bertz CT molecular complexity index is 141. The molecule has 1 aliphatic heterocycles. The number of aliphatic carboxylic acids is 1. The van der Waals surface area contributed by atoms with Gasteiger partial charge < -0.3 is 10.4 Å². The van der Waals surface area contributed by atoms with Gasteiger partial charge in [0.05, 0.1) is 5.92 Å². The maximum absolute atomic E-state index is 10.6. The van der Waals surface area contributed by atoms with Crippen molar-refractivity contribution in [3.05, 3.63) is 0 Å². The van der Waals surface area contributed by atoms with Crippen LogP contribution in [0.2, 0.25) is 0 Å². The van der Waals surface area contributed by atoms with Gasteiger partial charge in [0.2, 0.25) is 0 Å². The standard InChI is InChI=1S/C8H15NO2/c1-6(8(10)11)7-2-4-9-5-3-7/h6-7,9H,2-5H2,1H3,(H,10,11). The number of hydrogen-bond donors (Lipinski definition) is 2. The van der Waals surface area contributed by atoms with Crippen LogP contribution in [0.5, 0.6) is 0 Å². The number of hydrogen-bond acceptors (Lipinski definition) is 2. The van der Waals surface area contributed by atoms with Crippen LogP contribution < -0.4 is 5.32 Å². The summed E-state index contributed by atoms with van der Waals surface area (Å²) in [7, 11) is 0. The smallest absolute Gasteiger partial charge is 0.306 e. The van der Waals surface area contributed by atoms with E-state index >= 15 is 0 Å². The summed E-state index contributed by atoms with van der Waals surface area (Å²) in [6.07, 6.45) is 2.01. The molecule has 0 radical (unpaired) electrons. The molecule has 3 nitrogen and oxygen atoms in total. The van der Waals surface area contributed by atoms with Gasteiger partial charge in [0, 0.05) is 0 Å². The zero-order chi connectivity index (χ0) is 8.27. The summed E-state index contributed by atoms with van der Waals surface area (Å²) in [4.78, 5) is 10.6. The quantitative estimate of drug-likeness (QED) is 0.620. The maximum Gasteiger partial charge on any atom is 0.306 e. The first kappa shape index (κ1) is 8.53. The van der Waals surface area contributed by atoms with E-state index < -0.39 is 5.97 Å². The highest BCUT2D eigenvalue weighted by Crippen LogP contribution is 2.21. The summed E-state index contributed by atoms with van der Waals surface area (Å²) in [6.45, 7) is 3.75. The van der Waals surface area contributed by atoms with Crippen molar-refractivity contribution in [3.8, 4) is 0 Å². The van der Waals surface area contributed by atoms with Gasteiger partial charge in [0.25, 0.3) is 0 Å². The van der Waals surface area contributed by atoms with Crippen LogP contribution in [0.25, 0.3) is 0 Å².